The van der Waals surface area contributed by atoms with Crippen LogP contribution in [0.2, 0.25) is 0 Å². The second-order valence-corrected chi connectivity index (χ2v) is 4.28. The number of nitro benzene ring substituents is 1. The summed E-state index contributed by atoms with van der Waals surface area (Å²) in [4.78, 5) is 12.1. The van der Waals surface area contributed by atoms with Crippen LogP contribution in [0.3, 0.4) is 0 Å². The van der Waals surface area contributed by atoms with Gasteiger partial charge >= 0.3 is 0 Å². The van der Waals surface area contributed by atoms with Crippen molar-refractivity contribution in [2.75, 3.05) is 13.1 Å². The Morgan fingerprint density at radius 2 is 1.83 bits per heavy atom. The summed E-state index contributed by atoms with van der Waals surface area (Å²) in [5.74, 6) is 0.490. The van der Waals surface area contributed by atoms with Gasteiger partial charge in [-0.3, -0.25) is 10.1 Å². The maximum absolute atomic E-state index is 10.6. The molecule has 0 atom stereocenters. The third kappa shape index (κ3) is 2.58. The number of likely N-dealkylation sites (tertiary alicyclic amines) is 1. The molecule has 1 aliphatic heterocycles. The number of hydrogen-bond donors (Lipinski definition) is 1. The summed E-state index contributed by atoms with van der Waals surface area (Å²) in [6.07, 6.45) is 3.34. The lowest BCUT2D eigenvalue weighted by Crippen LogP contribution is -2.36. The number of oxime groups is 1. The molecule has 1 aromatic rings. The molecule has 6 heteroatoms. The molecule has 2 rings (SSSR count). The number of benzene rings is 1. The maximum atomic E-state index is 10.6. The van der Waals surface area contributed by atoms with Crippen LogP contribution in [-0.4, -0.2) is 34.0 Å². The highest BCUT2D eigenvalue weighted by Crippen LogP contribution is 2.17. The van der Waals surface area contributed by atoms with Gasteiger partial charge in [-0.05, 0) is 31.4 Å². The molecule has 1 fully saturated rings. The van der Waals surface area contributed by atoms with Crippen LogP contribution in [0.5, 0.6) is 0 Å². The fourth-order valence-electron chi connectivity index (χ4n) is 2.14. The minimum atomic E-state index is -0.444. The number of rotatable bonds is 2. The van der Waals surface area contributed by atoms with Crippen molar-refractivity contribution < 1.29 is 10.1 Å². The Kier molecular flexibility index (Phi) is 3.76. The lowest BCUT2D eigenvalue weighted by molar-refractivity contribution is -0.384. The average Bonchev–Trinajstić information content (AvgIpc) is 2.41. The monoisotopic (exact) mass is 249 g/mol. The molecule has 0 amide bonds. The molecule has 0 saturated carbocycles. The molecule has 0 bridgehead atoms. The number of piperidine rings is 1. The zero-order chi connectivity index (χ0) is 13.0. The van der Waals surface area contributed by atoms with Crippen molar-refractivity contribution in [3.63, 3.8) is 0 Å². The summed E-state index contributed by atoms with van der Waals surface area (Å²) in [6, 6.07) is 6.07. The Morgan fingerprint density at radius 1 is 1.22 bits per heavy atom. The van der Waals surface area contributed by atoms with Gasteiger partial charge in [0.15, 0.2) is 5.84 Å². The Bertz CT molecular complexity index is 450. The van der Waals surface area contributed by atoms with Crippen molar-refractivity contribution in [1.29, 1.82) is 0 Å². The van der Waals surface area contributed by atoms with Crippen LogP contribution in [0.15, 0.2) is 29.4 Å². The van der Waals surface area contributed by atoms with Gasteiger partial charge in [0.25, 0.3) is 5.69 Å². The molecular weight excluding hydrogens is 234 g/mol. The Labute approximate surface area is 105 Å². The van der Waals surface area contributed by atoms with Crippen molar-refractivity contribution >= 4 is 11.5 Å². The third-order valence-corrected chi connectivity index (χ3v) is 3.09. The van der Waals surface area contributed by atoms with Crippen LogP contribution < -0.4 is 0 Å². The number of amidine groups is 1. The standard InChI is InChI=1S/C12H15N3O3/c16-13-12(14-8-2-1-3-9-14)10-4-6-11(7-5-10)15(17)18/h4-7,16H,1-3,8-9H2/b13-12-. The van der Waals surface area contributed by atoms with E-state index in [1.165, 1.54) is 18.6 Å². The second-order valence-electron chi connectivity index (χ2n) is 4.28. The molecule has 1 aromatic carbocycles. The first-order valence-electron chi connectivity index (χ1n) is 5.94. The van der Waals surface area contributed by atoms with Crippen LogP contribution in [0.25, 0.3) is 0 Å². The molecule has 1 saturated heterocycles. The van der Waals surface area contributed by atoms with Gasteiger partial charge in [0.05, 0.1) is 4.92 Å². The van der Waals surface area contributed by atoms with E-state index in [4.69, 9.17) is 5.21 Å². The second kappa shape index (κ2) is 5.48. The molecule has 18 heavy (non-hydrogen) atoms. The van der Waals surface area contributed by atoms with Gasteiger partial charge in [-0.25, -0.2) is 0 Å². The molecule has 0 aromatic heterocycles. The smallest absolute Gasteiger partial charge is 0.269 e. The van der Waals surface area contributed by atoms with Crippen LogP contribution in [-0.2, 0) is 0 Å². The van der Waals surface area contributed by atoms with Crippen LogP contribution in [0.4, 0.5) is 5.69 Å². The van der Waals surface area contributed by atoms with E-state index in [0.717, 1.165) is 25.9 Å². The number of non-ortho nitro benzene ring substituents is 1. The lowest BCUT2D eigenvalue weighted by atomic mass is 10.1. The van der Waals surface area contributed by atoms with Crippen LogP contribution >= 0.6 is 0 Å². The van der Waals surface area contributed by atoms with E-state index in [2.05, 4.69) is 5.16 Å². The molecule has 6 nitrogen and oxygen atoms in total. The molecule has 1 N–H and O–H groups in total. The molecule has 96 valence electrons. The van der Waals surface area contributed by atoms with E-state index < -0.39 is 4.92 Å². The highest BCUT2D eigenvalue weighted by Gasteiger charge is 2.17. The first-order valence-corrected chi connectivity index (χ1v) is 5.94. The molecular formula is C12H15N3O3. The summed E-state index contributed by atoms with van der Waals surface area (Å²) in [7, 11) is 0. The highest BCUT2D eigenvalue weighted by atomic mass is 16.6. The van der Waals surface area contributed by atoms with Crippen LogP contribution in [0.1, 0.15) is 24.8 Å². The summed E-state index contributed by atoms with van der Waals surface area (Å²) < 4.78 is 0. The molecule has 0 aliphatic carbocycles. The van der Waals surface area contributed by atoms with Crippen LogP contribution in [0, 0.1) is 10.1 Å². The Morgan fingerprint density at radius 3 is 2.33 bits per heavy atom. The predicted molar refractivity (Wildman–Crippen MR) is 66.8 cm³/mol. The van der Waals surface area contributed by atoms with Gasteiger partial charge < -0.3 is 10.1 Å². The zero-order valence-electron chi connectivity index (χ0n) is 9.95. The molecule has 1 aliphatic rings. The third-order valence-electron chi connectivity index (χ3n) is 3.09. The van der Waals surface area contributed by atoms with E-state index >= 15 is 0 Å². The van der Waals surface area contributed by atoms with Crippen molar-refractivity contribution in [3.8, 4) is 0 Å². The number of hydrogen-bond acceptors (Lipinski definition) is 4. The Balaban J connectivity index is 2.19. The van der Waals surface area contributed by atoms with E-state index in [1.54, 1.807) is 12.1 Å². The quantitative estimate of drug-likeness (QED) is 0.286. The Hall–Kier alpha value is -2.11. The highest BCUT2D eigenvalue weighted by molar-refractivity contribution is 5.98. The zero-order valence-corrected chi connectivity index (χ0v) is 9.95. The topological polar surface area (TPSA) is 79.0 Å². The van der Waals surface area contributed by atoms with Gasteiger partial charge in [-0.2, -0.15) is 0 Å². The molecule has 0 unspecified atom stereocenters. The molecule has 1 heterocycles. The normalized spacial score (nSPS) is 16.7. The molecule has 0 spiro atoms. The van der Waals surface area contributed by atoms with Crippen molar-refractivity contribution in [3.05, 3.63) is 39.9 Å². The molecule has 0 radical (unpaired) electrons. The van der Waals surface area contributed by atoms with Gasteiger partial charge in [0.2, 0.25) is 0 Å². The maximum Gasteiger partial charge on any atom is 0.269 e. The van der Waals surface area contributed by atoms with Gasteiger partial charge in [-0.15, -0.1) is 0 Å². The minimum absolute atomic E-state index is 0.0367. The van der Waals surface area contributed by atoms with Crippen molar-refractivity contribution in [2.45, 2.75) is 19.3 Å². The van der Waals surface area contributed by atoms with E-state index in [-0.39, 0.29) is 5.69 Å². The van der Waals surface area contributed by atoms with Crippen molar-refractivity contribution in [2.24, 2.45) is 5.16 Å². The predicted octanol–water partition coefficient (Wildman–Crippen LogP) is 2.22. The number of nitro groups is 1. The first-order chi connectivity index (χ1) is 8.72. The summed E-state index contributed by atoms with van der Waals surface area (Å²) in [5.41, 5.74) is 0.736. The lowest BCUT2D eigenvalue weighted by Gasteiger charge is -2.28. The van der Waals surface area contributed by atoms with Crippen molar-refractivity contribution in [1.82, 2.24) is 4.90 Å². The van der Waals surface area contributed by atoms with E-state index in [1.807, 2.05) is 4.90 Å². The largest absolute Gasteiger partial charge is 0.409 e. The van der Waals surface area contributed by atoms with E-state index in [0.29, 0.717) is 11.4 Å². The fourth-order valence-corrected chi connectivity index (χ4v) is 2.14. The SMILES string of the molecule is O=[N+]([O-])c1ccc(/C(=N/O)N2CCCCC2)cc1. The van der Waals surface area contributed by atoms with Gasteiger partial charge in [0, 0.05) is 30.8 Å². The van der Waals surface area contributed by atoms with Gasteiger partial charge in [0.1, 0.15) is 0 Å². The average molecular weight is 249 g/mol. The fraction of sp³-hybridized carbons (Fsp3) is 0.417. The summed E-state index contributed by atoms with van der Waals surface area (Å²) in [5, 5.41) is 23.0. The minimum Gasteiger partial charge on any atom is -0.409 e. The summed E-state index contributed by atoms with van der Waals surface area (Å²) in [6.45, 7) is 1.72. The van der Waals surface area contributed by atoms with E-state index in [9.17, 15) is 10.1 Å². The summed E-state index contributed by atoms with van der Waals surface area (Å²) >= 11 is 0. The first kappa shape index (κ1) is 12.3. The van der Waals surface area contributed by atoms with Gasteiger partial charge in [-0.1, -0.05) is 5.16 Å². The number of nitrogens with zero attached hydrogens (tertiary/aromatic N) is 3.